The van der Waals surface area contributed by atoms with Crippen LogP contribution in [0.1, 0.15) is 11.3 Å². The Hall–Kier alpha value is -1.88. The Morgan fingerprint density at radius 2 is 1.95 bits per heavy atom. The van der Waals surface area contributed by atoms with Gasteiger partial charge in [-0.1, -0.05) is 18.2 Å². The van der Waals surface area contributed by atoms with Gasteiger partial charge in [0.2, 0.25) is 0 Å². The smallest absolute Gasteiger partial charge is 0.180 e. The number of aryl methyl sites for hydroxylation is 2. The van der Waals surface area contributed by atoms with E-state index in [1.807, 2.05) is 12.1 Å². The summed E-state index contributed by atoms with van der Waals surface area (Å²) in [5.74, 6) is 0.0116. The summed E-state index contributed by atoms with van der Waals surface area (Å²) in [5.41, 5.74) is 7.72. The number of hydrogen-bond acceptors (Lipinski definition) is 4. The number of hydrogen-bond donors (Lipinski definition) is 1. The molecule has 4 nitrogen and oxygen atoms in total. The van der Waals surface area contributed by atoms with Crippen LogP contribution < -0.4 is 5.73 Å². The van der Waals surface area contributed by atoms with E-state index in [0.717, 1.165) is 11.3 Å². The third-order valence-corrected chi connectivity index (χ3v) is 4.74. The van der Waals surface area contributed by atoms with E-state index in [4.69, 9.17) is 5.73 Å². The van der Waals surface area contributed by atoms with Gasteiger partial charge in [-0.15, -0.1) is 0 Å². The molecule has 0 saturated carbocycles. The molecule has 0 aliphatic heterocycles. The van der Waals surface area contributed by atoms with Gasteiger partial charge in [0.25, 0.3) is 0 Å². The van der Waals surface area contributed by atoms with Crippen molar-refractivity contribution in [2.24, 2.45) is 0 Å². The van der Waals surface area contributed by atoms with Crippen LogP contribution in [0.5, 0.6) is 0 Å². The third-order valence-electron chi connectivity index (χ3n) is 2.97. The number of nitrogens with two attached hydrogens (primary N) is 1. The van der Waals surface area contributed by atoms with Gasteiger partial charge in [0, 0.05) is 18.3 Å². The average molecular weight is 276 g/mol. The standard InChI is InChI=1S/C14H16N2O2S/c1-11-5-4-7-13(14(11)15)19(17,18)10-8-12-6-2-3-9-16-12/h2-7,9H,8,10,15H2,1H3. The largest absolute Gasteiger partial charge is 0.397 e. The molecule has 0 atom stereocenters. The minimum atomic E-state index is -3.38. The second-order valence-electron chi connectivity index (χ2n) is 4.38. The maximum Gasteiger partial charge on any atom is 0.180 e. The van der Waals surface area contributed by atoms with Crippen LogP contribution in [-0.4, -0.2) is 19.2 Å². The van der Waals surface area contributed by atoms with E-state index in [9.17, 15) is 8.42 Å². The number of anilines is 1. The minimum absolute atomic E-state index is 0.0116. The lowest BCUT2D eigenvalue weighted by Gasteiger charge is -2.09. The Labute approximate surface area is 113 Å². The van der Waals surface area contributed by atoms with Crippen molar-refractivity contribution in [2.75, 3.05) is 11.5 Å². The van der Waals surface area contributed by atoms with Gasteiger partial charge in [-0.25, -0.2) is 8.42 Å². The molecule has 0 radical (unpaired) electrons. The van der Waals surface area contributed by atoms with Crippen molar-refractivity contribution >= 4 is 15.5 Å². The van der Waals surface area contributed by atoms with E-state index in [0.29, 0.717) is 12.1 Å². The predicted molar refractivity (Wildman–Crippen MR) is 75.6 cm³/mol. The highest BCUT2D eigenvalue weighted by atomic mass is 32.2. The van der Waals surface area contributed by atoms with E-state index < -0.39 is 9.84 Å². The maximum atomic E-state index is 12.3. The molecule has 0 aliphatic rings. The number of aromatic nitrogens is 1. The zero-order valence-electron chi connectivity index (χ0n) is 10.7. The summed E-state index contributed by atoms with van der Waals surface area (Å²) < 4.78 is 24.5. The van der Waals surface area contributed by atoms with E-state index in [2.05, 4.69) is 4.98 Å². The number of nitrogen functional groups attached to an aromatic ring is 1. The lowest BCUT2D eigenvalue weighted by Crippen LogP contribution is -2.12. The summed E-state index contributed by atoms with van der Waals surface area (Å²) in [6.45, 7) is 1.80. The fourth-order valence-electron chi connectivity index (χ4n) is 1.82. The van der Waals surface area contributed by atoms with Gasteiger partial charge in [0.15, 0.2) is 9.84 Å². The molecule has 19 heavy (non-hydrogen) atoms. The van der Waals surface area contributed by atoms with Crippen molar-refractivity contribution in [2.45, 2.75) is 18.2 Å². The molecule has 2 aromatic rings. The number of para-hydroxylation sites is 1. The third kappa shape index (κ3) is 3.12. The van der Waals surface area contributed by atoms with Crippen LogP contribution in [0.4, 0.5) is 5.69 Å². The number of nitrogens with zero attached hydrogens (tertiary/aromatic N) is 1. The Morgan fingerprint density at radius 1 is 1.16 bits per heavy atom. The molecule has 1 aromatic heterocycles. The SMILES string of the molecule is Cc1cccc(S(=O)(=O)CCc2ccccn2)c1N. The van der Waals surface area contributed by atoms with Gasteiger partial charge >= 0.3 is 0 Å². The summed E-state index contributed by atoms with van der Waals surface area (Å²) in [6.07, 6.45) is 2.04. The Kier molecular flexibility index (Phi) is 3.85. The highest BCUT2D eigenvalue weighted by molar-refractivity contribution is 7.91. The fourth-order valence-corrected chi connectivity index (χ4v) is 3.30. The quantitative estimate of drug-likeness (QED) is 0.867. The second-order valence-corrected chi connectivity index (χ2v) is 6.45. The Balaban J connectivity index is 2.22. The molecule has 0 bridgehead atoms. The van der Waals surface area contributed by atoms with E-state index in [1.54, 1.807) is 37.4 Å². The normalized spacial score (nSPS) is 11.4. The van der Waals surface area contributed by atoms with Crippen LogP contribution in [0.15, 0.2) is 47.5 Å². The van der Waals surface area contributed by atoms with Gasteiger partial charge in [-0.2, -0.15) is 0 Å². The lowest BCUT2D eigenvalue weighted by atomic mass is 10.2. The molecule has 2 rings (SSSR count). The first-order valence-electron chi connectivity index (χ1n) is 5.98. The molecule has 0 unspecified atom stereocenters. The van der Waals surface area contributed by atoms with Gasteiger partial charge in [0.05, 0.1) is 16.3 Å². The van der Waals surface area contributed by atoms with Crippen molar-refractivity contribution in [1.29, 1.82) is 0 Å². The molecule has 100 valence electrons. The van der Waals surface area contributed by atoms with Gasteiger partial charge in [-0.3, -0.25) is 4.98 Å². The molecule has 0 fully saturated rings. The van der Waals surface area contributed by atoms with Gasteiger partial charge in [-0.05, 0) is 30.7 Å². The van der Waals surface area contributed by atoms with Crippen molar-refractivity contribution in [3.63, 3.8) is 0 Å². The molecule has 1 aromatic carbocycles. The van der Waals surface area contributed by atoms with Crippen LogP contribution in [0.2, 0.25) is 0 Å². The lowest BCUT2D eigenvalue weighted by molar-refractivity contribution is 0.595. The number of sulfone groups is 1. The second kappa shape index (κ2) is 5.40. The number of rotatable bonds is 4. The van der Waals surface area contributed by atoms with Crippen molar-refractivity contribution in [1.82, 2.24) is 4.98 Å². The van der Waals surface area contributed by atoms with Crippen LogP contribution in [-0.2, 0) is 16.3 Å². The molecule has 0 amide bonds. The molecule has 5 heteroatoms. The van der Waals surface area contributed by atoms with E-state index in [-0.39, 0.29) is 10.6 Å². The van der Waals surface area contributed by atoms with Crippen molar-refractivity contribution in [3.05, 3.63) is 53.9 Å². The molecule has 1 heterocycles. The predicted octanol–water partition coefficient (Wildman–Crippen LogP) is 1.99. The molecule has 0 aliphatic carbocycles. The highest BCUT2D eigenvalue weighted by Crippen LogP contribution is 2.23. The molecular formula is C14H16N2O2S. The first-order valence-corrected chi connectivity index (χ1v) is 7.64. The monoisotopic (exact) mass is 276 g/mol. The topological polar surface area (TPSA) is 73.0 Å². The summed E-state index contributed by atoms with van der Waals surface area (Å²) in [6, 6.07) is 10.5. The first-order chi connectivity index (χ1) is 9.00. The van der Waals surface area contributed by atoms with Crippen molar-refractivity contribution < 1.29 is 8.42 Å². The first kappa shape index (κ1) is 13.5. The van der Waals surface area contributed by atoms with Crippen LogP contribution >= 0.6 is 0 Å². The summed E-state index contributed by atoms with van der Waals surface area (Å²) in [5, 5.41) is 0. The molecule has 2 N–H and O–H groups in total. The van der Waals surface area contributed by atoms with Crippen LogP contribution in [0.25, 0.3) is 0 Å². The van der Waals surface area contributed by atoms with E-state index >= 15 is 0 Å². The zero-order chi connectivity index (χ0) is 13.9. The molecule has 0 saturated heterocycles. The number of benzene rings is 1. The summed E-state index contributed by atoms with van der Waals surface area (Å²) in [4.78, 5) is 4.33. The highest BCUT2D eigenvalue weighted by Gasteiger charge is 2.18. The Morgan fingerprint density at radius 3 is 2.63 bits per heavy atom. The average Bonchev–Trinajstić information content (AvgIpc) is 2.41. The molecular weight excluding hydrogens is 260 g/mol. The maximum absolute atomic E-state index is 12.3. The molecule has 0 spiro atoms. The Bertz CT molecular complexity index is 667. The van der Waals surface area contributed by atoms with Crippen molar-refractivity contribution in [3.8, 4) is 0 Å². The zero-order valence-corrected chi connectivity index (χ0v) is 11.5. The number of pyridine rings is 1. The summed E-state index contributed by atoms with van der Waals surface area (Å²) >= 11 is 0. The van der Waals surface area contributed by atoms with Gasteiger partial charge < -0.3 is 5.73 Å². The van der Waals surface area contributed by atoms with Crippen LogP contribution in [0, 0.1) is 6.92 Å². The summed E-state index contributed by atoms with van der Waals surface area (Å²) in [7, 11) is -3.38. The fraction of sp³-hybridized carbons (Fsp3) is 0.214. The van der Waals surface area contributed by atoms with Crippen LogP contribution in [0.3, 0.4) is 0 Å². The van der Waals surface area contributed by atoms with Gasteiger partial charge in [0.1, 0.15) is 0 Å². The van der Waals surface area contributed by atoms with E-state index in [1.165, 1.54) is 0 Å². The minimum Gasteiger partial charge on any atom is -0.397 e.